The second kappa shape index (κ2) is 6.86. The van der Waals surface area contributed by atoms with Gasteiger partial charge in [0.25, 0.3) is 5.91 Å². The van der Waals surface area contributed by atoms with Gasteiger partial charge in [0.2, 0.25) is 6.79 Å². The Hall–Kier alpha value is -2.45. The highest BCUT2D eigenvalue weighted by Crippen LogP contribution is 2.41. The van der Waals surface area contributed by atoms with Crippen LogP contribution in [0.1, 0.15) is 46.9 Å². The van der Waals surface area contributed by atoms with Gasteiger partial charge in [-0.2, -0.15) is 0 Å². The molecular weight excluding hydrogens is 394 g/mol. The standard InChI is InChI=1S/C20H19N3O3S2/c1-12-9-28-19(21-12)20(6-2-3-7-20)23-17(24)14-10-27-18(22-14)13-4-5-15-16(8-13)26-11-25-15/h4-5,8-10H,2-3,6-7,11H2,1H3,(H,23,24). The van der Waals surface area contributed by atoms with E-state index < -0.39 is 0 Å². The first-order valence-electron chi connectivity index (χ1n) is 9.24. The van der Waals surface area contributed by atoms with Gasteiger partial charge in [0.1, 0.15) is 15.7 Å². The molecule has 1 amide bonds. The van der Waals surface area contributed by atoms with Crippen LogP contribution in [0.3, 0.4) is 0 Å². The van der Waals surface area contributed by atoms with Crippen molar-refractivity contribution >= 4 is 28.6 Å². The van der Waals surface area contributed by atoms with E-state index in [-0.39, 0.29) is 18.2 Å². The van der Waals surface area contributed by atoms with E-state index in [4.69, 9.17) is 9.47 Å². The number of thiazole rings is 2. The topological polar surface area (TPSA) is 73.3 Å². The number of hydrogen-bond donors (Lipinski definition) is 1. The zero-order chi connectivity index (χ0) is 19.1. The Labute approximate surface area is 170 Å². The number of benzene rings is 1. The SMILES string of the molecule is Cc1csc(C2(NC(=O)c3csc(-c4ccc5c(c4)OCO5)n3)CCCC2)n1. The lowest BCUT2D eigenvalue weighted by Crippen LogP contribution is -2.43. The van der Waals surface area contributed by atoms with Gasteiger partial charge in [-0.25, -0.2) is 9.97 Å². The molecule has 1 aliphatic carbocycles. The van der Waals surface area contributed by atoms with Gasteiger partial charge in [-0.15, -0.1) is 22.7 Å². The molecule has 1 saturated carbocycles. The zero-order valence-electron chi connectivity index (χ0n) is 15.4. The second-order valence-electron chi connectivity index (χ2n) is 7.14. The number of aromatic nitrogens is 2. The number of carbonyl (C=O) groups is 1. The highest BCUT2D eigenvalue weighted by Gasteiger charge is 2.40. The van der Waals surface area contributed by atoms with Gasteiger partial charge in [0, 0.05) is 22.0 Å². The van der Waals surface area contributed by atoms with Crippen molar-refractivity contribution < 1.29 is 14.3 Å². The van der Waals surface area contributed by atoms with Crippen LogP contribution in [-0.2, 0) is 5.54 Å². The lowest BCUT2D eigenvalue weighted by atomic mass is 9.98. The van der Waals surface area contributed by atoms with Crippen LogP contribution in [0.5, 0.6) is 11.5 Å². The number of fused-ring (bicyclic) bond motifs is 1. The summed E-state index contributed by atoms with van der Waals surface area (Å²) in [6.07, 6.45) is 4.03. The third-order valence-corrected chi connectivity index (χ3v) is 7.25. The van der Waals surface area contributed by atoms with Crippen molar-refractivity contribution in [2.75, 3.05) is 6.79 Å². The first-order chi connectivity index (χ1) is 13.6. The molecule has 28 heavy (non-hydrogen) atoms. The third-order valence-electron chi connectivity index (χ3n) is 5.19. The Morgan fingerprint density at radius 3 is 2.71 bits per heavy atom. The summed E-state index contributed by atoms with van der Waals surface area (Å²) in [5.41, 5.74) is 1.99. The van der Waals surface area contributed by atoms with E-state index in [1.807, 2.05) is 35.9 Å². The summed E-state index contributed by atoms with van der Waals surface area (Å²) in [4.78, 5) is 22.2. The van der Waals surface area contributed by atoms with Crippen molar-refractivity contribution in [2.24, 2.45) is 0 Å². The Morgan fingerprint density at radius 1 is 1.11 bits per heavy atom. The van der Waals surface area contributed by atoms with Crippen LogP contribution in [0.25, 0.3) is 10.6 Å². The van der Waals surface area contributed by atoms with Crippen LogP contribution >= 0.6 is 22.7 Å². The van der Waals surface area contributed by atoms with Crippen molar-refractivity contribution in [3.05, 3.63) is 45.4 Å². The molecule has 3 aromatic rings. The maximum atomic E-state index is 13.0. The quantitative estimate of drug-likeness (QED) is 0.682. The molecule has 2 aromatic heterocycles. The molecule has 0 atom stereocenters. The molecule has 0 saturated heterocycles. The van der Waals surface area contributed by atoms with Crippen molar-refractivity contribution in [1.29, 1.82) is 0 Å². The van der Waals surface area contributed by atoms with Crippen molar-refractivity contribution in [3.63, 3.8) is 0 Å². The summed E-state index contributed by atoms with van der Waals surface area (Å²) in [5, 5.41) is 8.90. The van der Waals surface area contributed by atoms with Crippen molar-refractivity contribution in [1.82, 2.24) is 15.3 Å². The highest BCUT2D eigenvalue weighted by molar-refractivity contribution is 7.13. The van der Waals surface area contributed by atoms with Gasteiger partial charge in [-0.05, 0) is 38.0 Å². The van der Waals surface area contributed by atoms with E-state index in [0.717, 1.165) is 52.7 Å². The molecule has 0 unspecified atom stereocenters. The minimum Gasteiger partial charge on any atom is -0.454 e. The van der Waals surface area contributed by atoms with Gasteiger partial charge in [-0.3, -0.25) is 4.79 Å². The maximum Gasteiger partial charge on any atom is 0.271 e. The molecule has 2 aliphatic rings. The van der Waals surface area contributed by atoms with Crippen molar-refractivity contribution in [3.8, 4) is 22.1 Å². The number of aryl methyl sites for hydroxylation is 1. The Morgan fingerprint density at radius 2 is 1.93 bits per heavy atom. The lowest BCUT2D eigenvalue weighted by molar-refractivity contribution is 0.0893. The fourth-order valence-corrected chi connectivity index (χ4v) is 5.58. The molecular formula is C20H19N3O3S2. The maximum absolute atomic E-state index is 13.0. The number of nitrogens with zero attached hydrogens (tertiary/aromatic N) is 2. The van der Waals surface area contributed by atoms with E-state index in [1.54, 1.807) is 11.3 Å². The fourth-order valence-electron chi connectivity index (χ4n) is 3.77. The predicted octanol–water partition coefficient (Wildman–Crippen LogP) is 4.50. The van der Waals surface area contributed by atoms with E-state index >= 15 is 0 Å². The van der Waals surface area contributed by atoms with Gasteiger partial charge in [-0.1, -0.05) is 12.8 Å². The van der Waals surface area contributed by atoms with Gasteiger partial charge >= 0.3 is 0 Å². The van der Waals surface area contributed by atoms with Gasteiger partial charge in [0.15, 0.2) is 11.5 Å². The van der Waals surface area contributed by atoms with Crippen LogP contribution < -0.4 is 14.8 Å². The minimum absolute atomic E-state index is 0.141. The first-order valence-corrected chi connectivity index (χ1v) is 11.0. The van der Waals surface area contributed by atoms with Gasteiger partial charge in [0.05, 0.1) is 5.54 Å². The molecule has 1 aliphatic heterocycles. The smallest absolute Gasteiger partial charge is 0.271 e. The van der Waals surface area contributed by atoms with E-state index in [2.05, 4.69) is 15.3 Å². The highest BCUT2D eigenvalue weighted by atomic mass is 32.1. The average molecular weight is 414 g/mol. The summed E-state index contributed by atoms with van der Waals surface area (Å²) in [6.45, 7) is 2.23. The van der Waals surface area contributed by atoms with Crippen LogP contribution in [0.2, 0.25) is 0 Å². The number of carbonyl (C=O) groups excluding carboxylic acids is 1. The lowest BCUT2D eigenvalue weighted by Gasteiger charge is -2.27. The molecule has 0 spiro atoms. The molecule has 1 N–H and O–H groups in total. The van der Waals surface area contributed by atoms with Crippen LogP contribution in [-0.4, -0.2) is 22.7 Å². The molecule has 0 radical (unpaired) electrons. The molecule has 1 fully saturated rings. The molecule has 144 valence electrons. The summed E-state index contributed by atoms with van der Waals surface area (Å²) >= 11 is 3.08. The Kier molecular flexibility index (Phi) is 4.32. The molecule has 5 rings (SSSR count). The van der Waals surface area contributed by atoms with Crippen LogP contribution in [0.15, 0.2) is 29.0 Å². The van der Waals surface area contributed by atoms with Crippen molar-refractivity contribution in [2.45, 2.75) is 38.1 Å². The summed E-state index contributed by atoms with van der Waals surface area (Å²) in [7, 11) is 0. The molecule has 3 heterocycles. The van der Waals surface area contributed by atoms with Crippen LogP contribution in [0.4, 0.5) is 0 Å². The number of nitrogens with one attached hydrogen (secondary N) is 1. The number of ether oxygens (including phenoxy) is 2. The summed E-state index contributed by atoms with van der Waals surface area (Å²) in [6, 6.07) is 5.71. The van der Waals surface area contributed by atoms with Gasteiger partial charge < -0.3 is 14.8 Å². The number of rotatable bonds is 4. The third kappa shape index (κ3) is 3.06. The second-order valence-corrected chi connectivity index (χ2v) is 8.86. The minimum atomic E-state index is -0.363. The molecule has 0 bridgehead atoms. The fraction of sp³-hybridized carbons (Fsp3) is 0.350. The normalized spacial score (nSPS) is 17.0. The van der Waals surface area contributed by atoms with E-state index in [9.17, 15) is 4.79 Å². The summed E-state index contributed by atoms with van der Waals surface area (Å²) in [5.74, 6) is 1.31. The molecule has 1 aromatic carbocycles. The molecule has 6 nitrogen and oxygen atoms in total. The monoisotopic (exact) mass is 413 g/mol. The number of hydrogen-bond acceptors (Lipinski definition) is 7. The average Bonchev–Trinajstić information content (AvgIpc) is 3.47. The first kappa shape index (κ1) is 17.6. The van der Waals surface area contributed by atoms with Crippen LogP contribution in [0, 0.1) is 6.92 Å². The Balaban J connectivity index is 1.39. The number of amides is 1. The van der Waals surface area contributed by atoms with E-state index in [0.29, 0.717) is 11.4 Å². The summed E-state index contributed by atoms with van der Waals surface area (Å²) < 4.78 is 10.8. The largest absolute Gasteiger partial charge is 0.454 e. The predicted molar refractivity (Wildman–Crippen MR) is 108 cm³/mol. The zero-order valence-corrected chi connectivity index (χ0v) is 17.0. The van der Waals surface area contributed by atoms with E-state index in [1.165, 1.54) is 11.3 Å². The molecule has 8 heteroatoms. The Bertz CT molecular complexity index is 1040.